The molecule has 172 valence electrons. The molecule has 0 bridgehead atoms. The summed E-state index contributed by atoms with van der Waals surface area (Å²) < 4.78 is 7.74. The lowest BCUT2D eigenvalue weighted by molar-refractivity contribution is 0.102. The normalized spacial score (nSPS) is 13.6. The molecule has 3 heterocycles. The first-order chi connectivity index (χ1) is 16.6. The van der Waals surface area contributed by atoms with Crippen molar-refractivity contribution in [2.45, 2.75) is 38.7 Å². The number of benzene rings is 1. The molecule has 0 aliphatic heterocycles. The number of anilines is 3. The number of ether oxygens (including phenoxy) is 1. The molecule has 3 aromatic heterocycles. The summed E-state index contributed by atoms with van der Waals surface area (Å²) in [4.78, 5) is 29.7. The maximum absolute atomic E-state index is 12.6. The number of hydrogen-bond donors (Lipinski definition) is 2. The summed E-state index contributed by atoms with van der Waals surface area (Å²) in [7, 11) is 0. The van der Waals surface area contributed by atoms with Crippen molar-refractivity contribution in [2.24, 2.45) is 0 Å². The van der Waals surface area contributed by atoms with Crippen molar-refractivity contribution < 1.29 is 9.53 Å². The van der Waals surface area contributed by atoms with E-state index in [4.69, 9.17) is 4.74 Å². The highest BCUT2D eigenvalue weighted by Gasteiger charge is 2.17. The third-order valence-corrected chi connectivity index (χ3v) is 5.73. The Morgan fingerprint density at radius 1 is 1.00 bits per heavy atom. The Kier molecular flexibility index (Phi) is 6.15. The van der Waals surface area contributed by atoms with Gasteiger partial charge in [-0.25, -0.2) is 19.9 Å². The largest absolute Gasteiger partial charge is 0.474 e. The second-order valence-corrected chi connectivity index (χ2v) is 8.17. The predicted molar refractivity (Wildman–Crippen MR) is 129 cm³/mol. The van der Waals surface area contributed by atoms with E-state index in [0.717, 1.165) is 30.2 Å². The van der Waals surface area contributed by atoms with Crippen LogP contribution in [-0.2, 0) is 0 Å². The number of amides is 1. The minimum atomic E-state index is -0.225. The number of rotatable bonds is 7. The molecule has 1 aliphatic rings. The molecule has 0 unspecified atom stereocenters. The third-order valence-electron chi connectivity index (χ3n) is 5.73. The Labute approximate surface area is 197 Å². The zero-order chi connectivity index (χ0) is 23.3. The van der Waals surface area contributed by atoms with Crippen molar-refractivity contribution in [3.63, 3.8) is 0 Å². The molecule has 0 spiro atoms. The summed E-state index contributed by atoms with van der Waals surface area (Å²) in [6, 6.07) is 12.7. The Morgan fingerprint density at radius 3 is 2.50 bits per heavy atom. The van der Waals surface area contributed by atoms with Gasteiger partial charge in [-0.05, 0) is 62.9 Å². The van der Waals surface area contributed by atoms with Crippen LogP contribution in [0.3, 0.4) is 0 Å². The topological polar surface area (TPSA) is 107 Å². The summed E-state index contributed by atoms with van der Waals surface area (Å²) in [5.41, 5.74) is 1.99. The standard InChI is InChI=1S/C25H25N7O2/c1-17-26-12-13-32(17)23-14-22(28-16-29-23)30-19-7-9-20(10-8-19)31-25(33)18-6-11-24(27-15-18)34-21-4-2-3-5-21/h6-16,21H,2-5H2,1H3,(H,31,33)(H,28,29,30). The van der Waals surface area contributed by atoms with Gasteiger partial charge >= 0.3 is 0 Å². The molecule has 4 aromatic rings. The quantitative estimate of drug-likeness (QED) is 0.416. The maximum atomic E-state index is 12.6. The molecule has 2 N–H and O–H groups in total. The zero-order valence-corrected chi connectivity index (χ0v) is 18.8. The molecule has 1 aromatic carbocycles. The number of pyridine rings is 1. The minimum Gasteiger partial charge on any atom is -0.474 e. The number of carbonyl (C=O) groups excluding carboxylic acids is 1. The van der Waals surface area contributed by atoms with E-state index in [1.165, 1.54) is 19.2 Å². The van der Waals surface area contributed by atoms with Crippen molar-refractivity contribution >= 4 is 23.1 Å². The van der Waals surface area contributed by atoms with E-state index in [9.17, 15) is 4.79 Å². The summed E-state index contributed by atoms with van der Waals surface area (Å²) in [5.74, 6) is 2.56. The molecule has 1 fully saturated rings. The smallest absolute Gasteiger partial charge is 0.257 e. The Bertz CT molecular complexity index is 1260. The van der Waals surface area contributed by atoms with E-state index in [1.54, 1.807) is 24.5 Å². The van der Waals surface area contributed by atoms with E-state index >= 15 is 0 Å². The second kappa shape index (κ2) is 9.70. The molecule has 1 saturated carbocycles. The lowest BCUT2D eigenvalue weighted by atomic mass is 10.2. The van der Waals surface area contributed by atoms with Gasteiger partial charge in [-0.15, -0.1) is 0 Å². The van der Waals surface area contributed by atoms with Gasteiger partial charge < -0.3 is 15.4 Å². The Morgan fingerprint density at radius 2 is 1.79 bits per heavy atom. The molecule has 0 radical (unpaired) electrons. The monoisotopic (exact) mass is 455 g/mol. The van der Waals surface area contributed by atoms with Crippen molar-refractivity contribution in [2.75, 3.05) is 10.6 Å². The number of carbonyl (C=O) groups is 1. The first-order valence-corrected chi connectivity index (χ1v) is 11.3. The van der Waals surface area contributed by atoms with Gasteiger partial charge in [-0.2, -0.15) is 0 Å². The van der Waals surface area contributed by atoms with Crippen LogP contribution in [0.5, 0.6) is 5.88 Å². The number of hydrogen-bond acceptors (Lipinski definition) is 7. The zero-order valence-electron chi connectivity index (χ0n) is 18.8. The van der Waals surface area contributed by atoms with Gasteiger partial charge in [0, 0.05) is 42.1 Å². The van der Waals surface area contributed by atoms with Gasteiger partial charge in [0.25, 0.3) is 5.91 Å². The fourth-order valence-electron chi connectivity index (χ4n) is 3.92. The number of aromatic nitrogens is 5. The van der Waals surface area contributed by atoms with Crippen LogP contribution in [0.4, 0.5) is 17.2 Å². The second-order valence-electron chi connectivity index (χ2n) is 8.17. The van der Waals surface area contributed by atoms with Crippen molar-refractivity contribution in [1.82, 2.24) is 24.5 Å². The van der Waals surface area contributed by atoms with Gasteiger partial charge in [0.2, 0.25) is 5.88 Å². The summed E-state index contributed by atoms with van der Waals surface area (Å²) in [6.07, 6.45) is 11.4. The van der Waals surface area contributed by atoms with Gasteiger partial charge in [0.15, 0.2) is 0 Å². The molecule has 1 aliphatic carbocycles. The first-order valence-electron chi connectivity index (χ1n) is 11.3. The molecule has 9 nitrogen and oxygen atoms in total. The Hall–Kier alpha value is -4.27. The van der Waals surface area contributed by atoms with Gasteiger partial charge in [-0.3, -0.25) is 9.36 Å². The molecule has 1 amide bonds. The molecule has 34 heavy (non-hydrogen) atoms. The maximum Gasteiger partial charge on any atom is 0.257 e. The minimum absolute atomic E-state index is 0.225. The highest BCUT2D eigenvalue weighted by molar-refractivity contribution is 6.04. The summed E-state index contributed by atoms with van der Waals surface area (Å²) in [5, 5.41) is 6.14. The highest BCUT2D eigenvalue weighted by atomic mass is 16.5. The fourth-order valence-corrected chi connectivity index (χ4v) is 3.92. The van der Waals surface area contributed by atoms with E-state index < -0.39 is 0 Å². The molecule has 5 rings (SSSR count). The van der Waals surface area contributed by atoms with Crippen LogP contribution >= 0.6 is 0 Å². The van der Waals surface area contributed by atoms with Gasteiger partial charge in [0.05, 0.1) is 5.56 Å². The van der Waals surface area contributed by atoms with Crippen LogP contribution in [0.15, 0.2) is 67.4 Å². The van der Waals surface area contributed by atoms with E-state index in [-0.39, 0.29) is 12.0 Å². The lowest BCUT2D eigenvalue weighted by Gasteiger charge is -2.12. The van der Waals surface area contributed by atoms with E-state index in [0.29, 0.717) is 22.9 Å². The molecular formula is C25H25N7O2. The molecular weight excluding hydrogens is 430 g/mol. The first kappa shape index (κ1) is 21.6. The van der Waals surface area contributed by atoms with Crippen LogP contribution in [0.25, 0.3) is 5.82 Å². The average molecular weight is 456 g/mol. The third kappa shape index (κ3) is 5.03. The summed E-state index contributed by atoms with van der Waals surface area (Å²) in [6.45, 7) is 1.91. The highest BCUT2D eigenvalue weighted by Crippen LogP contribution is 2.23. The number of imidazole rings is 1. The number of nitrogens with zero attached hydrogens (tertiary/aromatic N) is 5. The van der Waals surface area contributed by atoms with Crippen molar-refractivity contribution in [1.29, 1.82) is 0 Å². The lowest BCUT2D eigenvalue weighted by Crippen LogP contribution is -2.14. The molecule has 0 saturated heterocycles. The number of aryl methyl sites for hydroxylation is 1. The SMILES string of the molecule is Cc1nccn1-c1cc(Nc2ccc(NC(=O)c3ccc(OC4CCCC4)nc3)cc2)ncn1. The Balaban J connectivity index is 1.19. The van der Waals surface area contributed by atoms with Crippen LogP contribution in [0.2, 0.25) is 0 Å². The van der Waals surface area contributed by atoms with Crippen LogP contribution in [0.1, 0.15) is 41.9 Å². The van der Waals surface area contributed by atoms with Gasteiger partial charge in [-0.1, -0.05) is 0 Å². The van der Waals surface area contributed by atoms with Crippen molar-refractivity contribution in [3.05, 3.63) is 78.8 Å². The van der Waals surface area contributed by atoms with Gasteiger partial charge in [0.1, 0.15) is 29.9 Å². The molecule has 9 heteroatoms. The van der Waals surface area contributed by atoms with Crippen LogP contribution < -0.4 is 15.4 Å². The van der Waals surface area contributed by atoms with E-state index in [1.807, 2.05) is 48.0 Å². The molecule has 0 atom stereocenters. The van der Waals surface area contributed by atoms with Crippen LogP contribution in [0, 0.1) is 6.92 Å². The van der Waals surface area contributed by atoms with Crippen molar-refractivity contribution in [3.8, 4) is 11.7 Å². The van der Waals surface area contributed by atoms with Crippen LogP contribution in [-0.4, -0.2) is 36.5 Å². The fraction of sp³-hybridized carbons (Fsp3) is 0.240. The van der Waals surface area contributed by atoms with E-state index in [2.05, 4.69) is 30.6 Å². The average Bonchev–Trinajstić information content (AvgIpc) is 3.53. The predicted octanol–water partition coefficient (Wildman–Crippen LogP) is 4.68. The summed E-state index contributed by atoms with van der Waals surface area (Å²) >= 11 is 0. The number of nitrogens with one attached hydrogen (secondary N) is 2.